The van der Waals surface area contributed by atoms with Crippen LogP contribution in [0.3, 0.4) is 0 Å². The third-order valence-electron chi connectivity index (χ3n) is 7.47. The zero-order valence-corrected chi connectivity index (χ0v) is 27.1. The van der Waals surface area contributed by atoms with Crippen molar-refractivity contribution < 1.29 is 10.2 Å². The summed E-state index contributed by atoms with van der Waals surface area (Å²) in [6, 6.07) is 16.8. The van der Waals surface area contributed by atoms with E-state index in [1.165, 1.54) is 0 Å². The highest BCUT2D eigenvalue weighted by atomic mass is 79.9. The van der Waals surface area contributed by atoms with Gasteiger partial charge < -0.3 is 10.2 Å². The van der Waals surface area contributed by atoms with Gasteiger partial charge in [-0.05, 0) is 55.5 Å². The van der Waals surface area contributed by atoms with Crippen LogP contribution < -0.4 is 0 Å². The van der Waals surface area contributed by atoms with E-state index in [-0.39, 0.29) is 27.6 Å². The number of halogens is 1. The highest BCUT2D eigenvalue weighted by Gasteiger charge is 2.34. The van der Waals surface area contributed by atoms with Gasteiger partial charge in [-0.2, -0.15) is 0 Å². The molecular formula is C35H47BrO2. The molecule has 0 saturated carbocycles. The number of hydrogen-bond donors (Lipinski definition) is 2. The van der Waals surface area contributed by atoms with Crippen LogP contribution >= 0.6 is 15.9 Å². The molecule has 2 nitrogen and oxygen atoms in total. The summed E-state index contributed by atoms with van der Waals surface area (Å²) in [5, 5.41) is 23.9. The van der Waals surface area contributed by atoms with E-state index in [2.05, 4.69) is 129 Å². The highest BCUT2D eigenvalue weighted by molar-refractivity contribution is 9.10. The van der Waals surface area contributed by atoms with E-state index in [0.717, 1.165) is 43.4 Å². The fourth-order valence-electron chi connectivity index (χ4n) is 4.98. The van der Waals surface area contributed by atoms with E-state index < -0.39 is 0 Å². The molecule has 0 bridgehead atoms. The minimum Gasteiger partial charge on any atom is -0.507 e. The summed E-state index contributed by atoms with van der Waals surface area (Å²) in [6.07, 6.45) is 0. The first-order chi connectivity index (χ1) is 17.1. The van der Waals surface area contributed by atoms with E-state index in [4.69, 9.17) is 0 Å². The molecule has 3 heteroatoms. The fourth-order valence-corrected chi connectivity index (χ4v) is 5.49. The Morgan fingerprint density at radius 1 is 0.526 bits per heavy atom. The van der Waals surface area contributed by atoms with Gasteiger partial charge in [0.05, 0.1) is 0 Å². The Hall–Kier alpha value is -2.26. The second-order valence-electron chi connectivity index (χ2n) is 14.9. The first-order valence-electron chi connectivity index (χ1n) is 13.6. The predicted molar refractivity (Wildman–Crippen MR) is 166 cm³/mol. The molecule has 0 amide bonds. The number of phenols is 2. The standard InChI is InChI=1S/C35H47BrO2/c1-32(2,3)21-17-24(30(37)26(19-21)34(7,8)9)29(23-15-13-14-16-28(23)36)25-18-22(33(4,5)6)20-27(31(25)38)35(10,11)12/h13-20,29,37-38H,1-12H3. The number of benzene rings is 3. The van der Waals surface area contributed by atoms with Crippen LogP contribution in [-0.4, -0.2) is 10.2 Å². The second-order valence-corrected chi connectivity index (χ2v) is 15.7. The van der Waals surface area contributed by atoms with Crippen LogP contribution in [-0.2, 0) is 21.7 Å². The number of rotatable bonds is 3. The van der Waals surface area contributed by atoms with Crippen LogP contribution in [0.1, 0.15) is 128 Å². The summed E-state index contributed by atoms with van der Waals surface area (Å²) in [6.45, 7) is 26.1. The molecule has 0 radical (unpaired) electrons. The lowest BCUT2D eigenvalue weighted by Gasteiger charge is -2.33. The van der Waals surface area contributed by atoms with Gasteiger partial charge in [-0.15, -0.1) is 0 Å². The summed E-state index contributed by atoms with van der Waals surface area (Å²) in [7, 11) is 0. The molecule has 0 unspecified atom stereocenters. The van der Waals surface area contributed by atoms with Gasteiger partial charge in [-0.3, -0.25) is 0 Å². The zero-order chi connectivity index (χ0) is 29.0. The number of hydrogen-bond acceptors (Lipinski definition) is 2. The van der Waals surface area contributed by atoms with Crippen molar-refractivity contribution in [3.05, 3.63) is 91.9 Å². The highest BCUT2D eigenvalue weighted by Crippen LogP contribution is 2.50. The minimum absolute atomic E-state index is 0.118. The van der Waals surface area contributed by atoms with Crippen molar-refractivity contribution in [1.82, 2.24) is 0 Å². The Kier molecular flexibility index (Phi) is 8.01. The largest absolute Gasteiger partial charge is 0.507 e. The monoisotopic (exact) mass is 578 g/mol. The van der Waals surface area contributed by atoms with Gasteiger partial charge >= 0.3 is 0 Å². The Labute approximate surface area is 239 Å². The van der Waals surface area contributed by atoms with Gasteiger partial charge in [-0.1, -0.05) is 141 Å². The van der Waals surface area contributed by atoms with Crippen LogP contribution in [0.4, 0.5) is 0 Å². The number of phenolic OH excluding ortho intramolecular Hbond substituents is 2. The average molecular weight is 580 g/mol. The maximum atomic E-state index is 12.0. The lowest BCUT2D eigenvalue weighted by molar-refractivity contribution is 0.429. The Bertz CT molecular complexity index is 1240. The smallest absolute Gasteiger partial charge is 0.123 e. The summed E-state index contributed by atoms with van der Waals surface area (Å²) in [4.78, 5) is 0. The average Bonchev–Trinajstić information content (AvgIpc) is 2.74. The van der Waals surface area contributed by atoms with Crippen molar-refractivity contribution in [2.24, 2.45) is 0 Å². The summed E-state index contributed by atoms with van der Waals surface area (Å²) < 4.78 is 0.945. The molecule has 206 valence electrons. The van der Waals surface area contributed by atoms with Gasteiger partial charge in [-0.25, -0.2) is 0 Å². The second kappa shape index (κ2) is 10.0. The Morgan fingerprint density at radius 3 is 1.21 bits per heavy atom. The van der Waals surface area contributed by atoms with E-state index in [0.29, 0.717) is 11.5 Å². The van der Waals surface area contributed by atoms with Crippen molar-refractivity contribution in [2.45, 2.75) is 111 Å². The van der Waals surface area contributed by atoms with E-state index >= 15 is 0 Å². The molecular weight excluding hydrogens is 532 g/mol. The van der Waals surface area contributed by atoms with Gasteiger partial charge in [0.1, 0.15) is 11.5 Å². The van der Waals surface area contributed by atoms with Crippen molar-refractivity contribution in [2.75, 3.05) is 0 Å². The van der Waals surface area contributed by atoms with Gasteiger partial charge in [0.15, 0.2) is 0 Å². The van der Waals surface area contributed by atoms with E-state index in [1.807, 2.05) is 18.2 Å². The third kappa shape index (κ3) is 6.14. The molecule has 2 N–H and O–H groups in total. The molecule has 0 saturated heterocycles. The predicted octanol–water partition coefficient (Wildman–Crippen LogP) is 10.2. The molecule has 3 rings (SSSR count). The van der Waals surface area contributed by atoms with Gasteiger partial charge in [0.2, 0.25) is 0 Å². The maximum absolute atomic E-state index is 12.0. The van der Waals surface area contributed by atoms with Crippen LogP contribution in [0.25, 0.3) is 0 Å². The summed E-state index contributed by atoms with van der Waals surface area (Å²) in [5.74, 6) is 0.214. The molecule has 0 atom stereocenters. The number of aromatic hydroxyl groups is 2. The van der Waals surface area contributed by atoms with E-state index in [9.17, 15) is 10.2 Å². The van der Waals surface area contributed by atoms with Gasteiger partial charge in [0.25, 0.3) is 0 Å². The van der Waals surface area contributed by atoms with Crippen molar-refractivity contribution in [3.63, 3.8) is 0 Å². The quantitative estimate of drug-likeness (QED) is 0.303. The maximum Gasteiger partial charge on any atom is 0.123 e. The molecule has 0 heterocycles. The molecule has 0 aliphatic rings. The Balaban J connectivity index is 2.58. The SMILES string of the molecule is CC(C)(C)c1cc(C(c2ccccc2Br)c2cc(C(C)(C)C)cc(C(C)(C)C)c2O)c(O)c(C(C)(C)C)c1. The molecule has 0 spiro atoms. The van der Waals surface area contributed by atoms with Crippen LogP contribution in [0, 0.1) is 0 Å². The Morgan fingerprint density at radius 2 is 0.895 bits per heavy atom. The third-order valence-corrected chi connectivity index (χ3v) is 8.19. The zero-order valence-electron chi connectivity index (χ0n) is 25.5. The lowest BCUT2D eigenvalue weighted by Crippen LogP contribution is -2.20. The first-order valence-corrected chi connectivity index (χ1v) is 14.4. The molecule has 0 aliphatic heterocycles. The normalized spacial score (nSPS) is 13.3. The molecule has 3 aromatic carbocycles. The van der Waals surface area contributed by atoms with Crippen LogP contribution in [0.5, 0.6) is 11.5 Å². The topological polar surface area (TPSA) is 40.5 Å². The summed E-state index contributed by atoms with van der Waals surface area (Å²) in [5.41, 5.74) is 6.04. The van der Waals surface area contributed by atoms with Crippen molar-refractivity contribution in [1.29, 1.82) is 0 Å². The molecule has 38 heavy (non-hydrogen) atoms. The van der Waals surface area contributed by atoms with Crippen LogP contribution in [0.15, 0.2) is 53.0 Å². The van der Waals surface area contributed by atoms with Crippen molar-refractivity contribution >= 4 is 15.9 Å². The molecule has 0 fully saturated rings. The van der Waals surface area contributed by atoms with E-state index in [1.54, 1.807) is 0 Å². The first kappa shape index (κ1) is 30.3. The molecule has 0 aromatic heterocycles. The van der Waals surface area contributed by atoms with Gasteiger partial charge in [0, 0.05) is 21.5 Å². The molecule has 3 aromatic rings. The van der Waals surface area contributed by atoms with Crippen molar-refractivity contribution in [3.8, 4) is 11.5 Å². The fraction of sp³-hybridized carbons (Fsp3) is 0.486. The molecule has 0 aliphatic carbocycles. The summed E-state index contributed by atoms with van der Waals surface area (Å²) >= 11 is 3.81. The lowest BCUT2D eigenvalue weighted by atomic mass is 9.72. The minimum atomic E-state index is -0.377. The van der Waals surface area contributed by atoms with Crippen LogP contribution in [0.2, 0.25) is 0 Å².